The number of rotatable bonds is 6. The third kappa shape index (κ3) is 4.09. The summed E-state index contributed by atoms with van der Waals surface area (Å²) in [5.74, 6) is -0.648. The molecule has 0 bridgehead atoms. The van der Waals surface area contributed by atoms with E-state index in [0.29, 0.717) is 5.03 Å². The highest BCUT2D eigenvalue weighted by molar-refractivity contribution is 8.00. The molecule has 10 heteroatoms. The molecule has 1 amide bonds. The maximum atomic E-state index is 12.4. The number of carbonyl (C=O) groups excluding carboxylic acids is 1. The molecule has 4 aromatic rings. The number of nitro groups is 1. The lowest BCUT2D eigenvalue weighted by molar-refractivity contribution is -0.384. The van der Waals surface area contributed by atoms with Gasteiger partial charge in [0.2, 0.25) is 5.91 Å². The molecule has 0 aliphatic heterocycles. The van der Waals surface area contributed by atoms with Gasteiger partial charge >= 0.3 is 0 Å². The summed E-state index contributed by atoms with van der Waals surface area (Å²) < 4.78 is 0. The normalized spacial score (nSPS) is 10.8. The largest absolute Gasteiger partial charge is 0.506 e. The van der Waals surface area contributed by atoms with Gasteiger partial charge in [-0.05, 0) is 11.6 Å². The van der Waals surface area contributed by atoms with Crippen LogP contribution in [0, 0.1) is 10.1 Å². The summed E-state index contributed by atoms with van der Waals surface area (Å²) in [6.07, 6.45) is 1.46. The summed E-state index contributed by atoms with van der Waals surface area (Å²) in [4.78, 5) is 32.2. The van der Waals surface area contributed by atoms with Crippen LogP contribution < -0.4 is 5.32 Å². The zero-order chi connectivity index (χ0) is 21.1. The summed E-state index contributed by atoms with van der Waals surface area (Å²) in [6.45, 7) is 0. The van der Waals surface area contributed by atoms with Crippen LogP contribution in [0.2, 0.25) is 0 Å². The fourth-order valence-corrected chi connectivity index (χ4v) is 4.64. The van der Waals surface area contributed by atoms with Crippen molar-refractivity contribution < 1.29 is 14.8 Å². The second-order valence-electron chi connectivity index (χ2n) is 6.17. The number of aromatic hydroxyl groups is 1. The molecule has 0 unspecified atom stereocenters. The summed E-state index contributed by atoms with van der Waals surface area (Å²) in [6, 6.07) is 13.3. The molecule has 2 aromatic heterocycles. The van der Waals surface area contributed by atoms with Gasteiger partial charge < -0.3 is 10.4 Å². The van der Waals surface area contributed by atoms with Crippen LogP contribution in [0.5, 0.6) is 5.75 Å². The third-order valence-corrected chi connectivity index (χ3v) is 6.10. The van der Waals surface area contributed by atoms with Crippen LogP contribution in [0.15, 0.2) is 65.3 Å². The lowest BCUT2D eigenvalue weighted by atomic mass is 10.1. The fraction of sp³-hybridized carbons (Fsp3) is 0.0500. The van der Waals surface area contributed by atoms with Gasteiger partial charge in [-0.2, -0.15) is 0 Å². The van der Waals surface area contributed by atoms with Gasteiger partial charge in [-0.3, -0.25) is 14.9 Å². The summed E-state index contributed by atoms with van der Waals surface area (Å²) >= 11 is 2.74. The minimum atomic E-state index is -0.594. The number of amides is 1. The SMILES string of the molecule is O=C(CSc1ncnc2scc(-c3ccccc3)c12)Nc1cc([N+](=O)[O-])ccc1O. The highest BCUT2D eigenvalue weighted by Gasteiger charge is 2.16. The molecule has 0 aliphatic carbocycles. The van der Waals surface area contributed by atoms with Crippen LogP contribution in [0.25, 0.3) is 21.3 Å². The number of aromatic nitrogens is 2. The van der Waals surface area contributed by atoms with Crippen molar-refractivity contribution in [3.8, 4) is 16.9 Å². The first-order valence-electron chi connectivity index (χ1n) is 8.70. The van der Waals surface area contributed by atoms with Gasteiger partial charge in [0.25, 0.3) is 5.69 Å². The second-order valence-corrected chi connectivity index (χ2v) is 7.99. The van der Waals surface area contributed by atoms with Crippen molar-refractivity contribution in [1.82, 2.24) is 9.97 Å². The van der Waals surface area contributed by atoms with E-state index in [9.17, 15) is 20.0 Å². The van der Waals surface area contributed by atoms with Crippen LogP contribution in [0.3, 0.4) is 0 Å². The summed E-state index contributed by atoms with van der Waals surface area (Å²) in [5, 5.41) is 26.8. The van der Waals surface area contributed by atoms with E-state index < -0.39 is 10.8 Å². The average Bonchev–Trinajstić information content (AvgIpc) is 3.19. The van der Waals surface area contributed by atoms with Crippen molar-refractivity contribution in [2.24, 2.45) is 0 Å². The number of phenolic OH excluding ortho intramolecular Hbond substituents is 1. The van der Waals surface area contributed by atoms with E-state index in [0.717, 1.165) is 27.4 Å². The van der Waals surface area contributed by atoms with E-state index in [2.05, 4.69) is 15.3 Å². The number of phenols is 1. The van der Waals surface area contributed by atoms with Crippen LogP contribution >= 0.6 is 23.1 Å². The molecular formula is C20H14N4O4S2. The Balaban J connectivity index is 1.54. The van der Waals surface area contributed by atoms with Gasteiger partial charge in [0, 0.05) is 23.1 Å². The Morgan fingerprint density at radius 2 is 2.00 bits per heavy atom. The number of nitrogens with one attached hydrogen (secondary N) is 1. The van der Waals surface area contributed by atoms with Crippen molar-refractivity contribution in [2.75, 3.05) is 11.1 Å². The van der Waals surface area contributed by atoms with E-state index in [-0.39, 0.29) is 22.9 Å². The molecule has 30 heavy (non-hydrogen) atoms. The van der Waals surface area contributed by atoms with E-state index >= 15 is 0 Å². The molecule has 0 aliphatic rings. The van der Waals surface area contributed by atoms with Crippen molar-refractivity contribution in [2.45, 2.75) is 5.03 Å². The van der Waals surface area contributed by atoms with Crippen molar-refractivity contribution >= 4 is 50.6 Å². The first kappa shape index (κ1) is 19.8. The number of fused-ring (bicyclic) bond motifs is 1. The molecule has 0 spiro atoms. The van der Waals surface area contributed by atoms with Gasteiger partial charge in [-0.25, -0.2) is 9.97 Å². The Morgan fingerprint density at radius 3 is 2.77 bits per heavy atom. The number of non-ortho nitro benzene ring substituents is 1. The molecule has 0 radical (unpaired) electrons. The predicted molar refractivity (Wildman–Crippen MR) is 117 cm³/mol. The van der Waals surface area contributed by atoms with Crippen molar-refractivity contribution in [1.29, 1.82) is 0 Å². The van der Waals surface area contributed by atoms with Crippen LogP contribution in [-0.4, -0.2) is 31.7 Å². The highest BCUT2D eigenvalue weighted by Crippen LogP contribution is 2.37. The monoisotopic (exact) mass is 438 g/mol. The lowest BCUT2D eigenvalue weighted by Gasteiger charge is -2.08. The van der Waals surface area contributed by atoms with Crippen LogP contribution in [0.4, 0.5) is 11.4 Å². The smallest absolute Gasteiger partial charge is 0.271 e. The number of thiophene rings is 1. The molecule has 2 N–H and O–H groups in total. The Labute approximate surface area is 178 Å². The van der Waals surface area contributed by atoms with Crippen LogP contribution in [-0.2, 0) is 4.79 Å². The number of thioether (sulfide) groups is 1. The average molecular weight is 438 g/mol. The standard InChI is InChI=1S/C20H14N4O4S2/c25-16-7-6-13(24(27)28)8-15(16)23-17(26)10-30-20-18-14(12-4-2-1-3-5-12)9-29-19(18)21-11-22-20/h1-9,11,25H,10H2,(H,23,26). The number of anilines is 1. The van der Waals surface area contributed by atoms with E-state index in [1.165, 1.54) is 41.6 Å². The maximum absolute atomic E-state index is 12.4. The van der Waals surface area contributed by atoms with Gasteiger partial charge in [0.05, 0.1) is 21.7 Å². The number of benzene rings is 2. The van der Waals surface area contributed by atoms with E-state index in [1.807, 2.05) is 35.7 Å². The molecule has 0 saturated carbocycles. The van der Waals surface area contributed by atoms with Crippen molar-refractivity contribution in [3.63, 3.8) is 0 Å². The molecule has 0 atom stereocenters. The first-order chi connectivity index (χ1) is 14.5. The van der Waals surface area contributed by atoms with Crippen molar-refractivity contribution in [3.05, 3.63) is 70.4 Å². The summed E-state index contributed by atoms with van der Waals surface area (Å²) in [7, 11) is 0. The lowest BCUT2D eigenvalue weighted by Crippen LogP contribution is -2.14. The Hall–Kier alpha value is -3.50. The number of hydrogen-bond acceptors (Lipinski definition) is 8. The van der Waals surface area contributed by atoms with E-state index in [4.69, 9.17) is 0 Å². The van der Waals surface area contributed by atoms with Gasteiger partial charge in [-0.1, -0.05) is 42.1 Å². The highest BCUT2D eigenvalue weighted by atomic mass is 32.2. The third-order valence-electron chi connectivity index (χ3n) is 4.23. The van der Waals surface area contributed by atoms with Gasteiger partial charge in [0.1, 0.15) is 21.9 Å². The zero-order valence-corrected chi connectivity index (χ0v) is 16.9. The molecule has 150 valence electrons. The van der Waals surface area contributed by atoms with E-state index in [1.54, 1.807) is 0 Å². The van der Waals surface area contributed by atoms with Crippen LogP contribution in [0.1, 0.15) is 0 Å². The molecule has 4 rings (SSSR count). The van der Waals surface area contributed by atoms with Gasteiger partial charge in [-0.15, -0.1) is 11.3 Å². The quantitative estimate of drug-likeness (QED) is 0.147. The van der Waals surface area contributed by atoms with Gasteiger partial charge in [0.15, 0.2) is 0 Å². The first-order valence-corrected chi connectivity index (χ1v) is 10.6. The molecule has 0 saturated heterocycles. The minimum Gasteiger partial charge on any atom is -0.506 e. The maximum Gasteiger partial charge on any atom is 0.271 e. The number of nitrogens with zero attached hydrogens (tertiary/aromatic N) is 3. The fourth-order valence-electron chi connectivity index (χ4n) is 2.85. The molecule has 2 aromatic carbocycles. The Kier molecular flexibility index (Phi) is 5.59. The predicted octanol–water partition coefficient (Wildman–Crippen LogP) is 4.70. The minimum absolute atomic E-state index is 0.0110. The zero-order valence-electron chi connectivity index (χ0n) is 15.3. The molecule has 0 fully saturated rings. The number of nitro benzene ring substituents is 1. The molecule has 8 nitrogen and oxygen atoms in total. The number of carbonyl (C=O) groups is 1. The second kappa shape index (κ2) is 8.47. The topological polar surface area (TPSA) is 118 Å². The Morgan fingerprint density at radius 1 is 1.20 bits per heavy atom. The number of hydrogen-bond donors (Lipinski definition) is 2. The molecule has 2 heterocycles. The molecular weight excluding hydrogens is 424 g/mol. The summed E-state index contributed by atoms with van der Waals surface area (Å²) in [5.41, 5.74) is 1.80. The Bertz CT molecular complexity index is 1240.